The topological polar surface area (TPSA) is 32.3 Å². The van der Waals surface area contributed by atoms with E-state index in [1.165, 1.54) is 0 Å². The van der Waals surface area contributed by atoms with Gasteiger partial charge in [-0.2, -0.15) is 13.2 Å². The molecule has 1 atom stereocenters. The van der Waals surface area contributed by atoms with E-state index < -0.39 is 12.1 Å². The summed E-state index contributed by atoms with van der Waals surface area (Å²) in [6.07, 6.45) is -3.06. The zero-order valence-electron chi connectivity index (χ0n) is 10.7. The zero-order chi connectivity index (χ0) is 13.6. The maximum absolute atomic E-state index is 12.5. The van der Waals surface area contributed by atoms with E-state index in [1.807, 2.05) is 13.8 Å². The fourth-order valence-corrected chi connectivity index (χ4v) is 3.35. The summed E-state index contributed by atoms with van der Waals surface area (Å²) >= 11 is 0. The Morgan fingerprint density at radius 1 is 1.28 bits per heavy atom. The van der Waals surface area contributed by atoms with Crippen molar-refractivity contribution in [1.82, 2.24) is 10.2 Å². The molecular formula is C12H19F3N2O. The van der Waals surface area contributed by atoms with Gasteiger partial charge in [-0.3, -0.25) is 4.79 Å². The monoisotopic (exact) mass is 264 g/mol. The molecule has 1 amide bonds. The number of nitrogens with zero attached hydrogens (tertiary/aromatic N) is 1. The average Bonchev–Trinajstić information content (AvgIpc) is 2.25. The molecule has 6 heteroatoms. The van der Waals surface area contributed by atoms with E-state index in [2.05, 4.69) is 5.32 Å². The number of likely N-dealkylation sites (tertiary alicyclic amines) is 1. The molecule has 0 spiro atoms. The van der Waals surface area contributed by atoms with Crippen molar-refractivity contribution < 1.29 is 18.0 Å². The first-order valence-electron chi connectivity index (χ1n) is 6.32. The summed E-state index contributed by atoms with van der Waals surface area (Å²) in [4.78, 5) is 12.4. The molecule has 18 heavy (non-hydrogen) atoms. The molecule has 2 saturated heterocycles. The Bertz CT molecular complexity index is 335. The summed E-state index contributed by atoms with van der Waals surface area (Å²) in [5, 5.41) is 3.19. The fourth-order valence-electron chi connectivity index (χ4n) is 3.35. The first kappa shape index (κ1) is 13.6. The van der Waals surface area contributed by atoms with Crippen molar-refractivity contribution in [1.29, 1.82) is 0 Å². The van der Waals surface area contributed by atoms with Crippen molar-refractivity contribution in [2.24, 2.45) is 11.3 Å². The van der Waals surface area contributed by atoms with Crippen molar-refractivity contribution in [2.45, 2.75) is 38.9 Å². The first-order valence-corrected chi connectivity index (χ1v) is 6.32. The van der Waals surface area contributed by atoms with Crippen LogP contribution in [-0.2, 0) is 4.79 Å². The lowest BCUT2D eigenvalue weighted by atomic mass is 9.66. The van der Waals surface area contributed by atoms with Gasteiger partial charge in [0.05, 0.1) is 0 Å². The lowest BCUT2D eigenvalue weighted by molar-refractivity contribution is -0.207. The molecule has 2 aliphatic rings. The van der Waals surface area contributed by atoms with Crippen LogP contribution in [0, 0.1) is 11.3 Å². The number of rotatable bonds is 1. The molecule has 1 unspecified atom stereocenters. The number of hydrogen-bond acceptors (Lipinski definition) is 2. The van der Waals surface area contributed by atoms with Crippen LogP contribution in [0.15, 0.2) is 0 Å². The SMILES string of the molecule is CC1(C)CN(C(=O)C(F)(F)F)C1C1CCNCC1. The molecule has 3 nitrogen and oxygen atoms in total. The predicted octanol–water partition coefficient (Wildman–Crippen LogP) is 1.79. The third-order valence-corrected chi connectivity index (χ3v) is 4.05. The Hall–Kier alpha value is -0.780. The molecule has 2 heterocycles. The smallest absolute Gasteiger partial charge is 0.330 e. The predicted molar refractivity (Wildman–Crippen MR) is 60.9 cm³/mol. The summed E-state index contributed by atoms with van der Waals surface area (Å²) in [5.41, 5.74) is -0.205. The van der Waals surface area contributed by atoms with Gasteiger partial charge in [-0.05, 0) is 31.8 Å². The minimum absolute atomic E-state index is 0.182. The van der Waals surface area contributed by atoms with Gasteiger partial charge in [-0.15, -0.1) is 0 Å². The van der Waals surface area contributed by atoms with Gasteiger partial charge in [0.2, 0.25) is 0 Å². The Morgan fingerprint density at radius 3 is 2.28 bits per heavy atom. The van der Waals surface area contributed by atoms with Crippen LogP contribution in [0.2, 0.25) is 0 Å². The van der Waals surface area contributed by atoms with E-state index in [4.69, 9.17) is 0 Å². The third kappa shape index (κ3) is 2.35. The van der Waals surface area contributed by atoms with Crippen LogP contribution in [-0.4, -0.2) is 42.7 Å². The van der Waals surface area contributed by atoms with Crippen molar-refractivity contribution in [3.8, 4) is 0 Å². The van der Waals surface area contributed by atoms with E-state index in [0.717, 1.165) is 30.8 Å². The molecule has 2 rings (SSSR count). The summed E-state index contributed by atoms with van der Waals surface area (Å²) in [6, 6.07) is -0.270. The van der Waals surface area contributed by atoms with E-state index in [-0.39, 0.29) is 23.9 Å². The van der Waals surface area contributed by atoms with E-state index in [1.54, 1.807) is 0 Å². The standard InChI is InChI=1S/C12H19F3N2O/c1-11(2)7-17(10(18)12(13,14)15)9(11)8-3-5-16-6-4-8/h8-9,16H,3-7H2,1-2H3. The van der Waals surface area contributed by atoms with Crippen LogP contribution in [0.3, 0.4) is 0 Å². The second kappa shape index (κ2) is 4.40. The third-order valence-electron chi connectivity index (χ3n) is 4.05. The Balaban J connectivity index is 2.11. The molecule has 0 aromatic rings. The lowest BCUT2D eigenvalue weighted by Crippen LogP contribution is -2.69. The van der Waals surface area contributed by atoms with Crippen LogP contribution >= 0.6 is 0 Å². The molecule has 0 aromatic heterocycles. The second-order valence-corrected chi connectivity index (χ2v) is 5.95. The van der Waals surface area contributed by atoms with Gasteiger partial charge in [0.1, 0.15) is 0 Å². The largest absolute Gasteiger partial charge is 0.471 e. The highest BCUT2D eigenvalue weighted by Gasteiger charge is 2.57. The van der Waals surface area contributed by atoms with Crippen LogP contribution in [0.1, 0.15) is 26.7 Å². The molecule has 0 bridgehead atoms. The van der Waals surface area contributed by atoms with Crippen LogP contribution in [0.5, 0.6) is 0 Å². The molecule has 0 aromatic carbocycles. The Kier molecular flexibility index (Phi) is 3.34. The second-order valence-electron chi connectivity index (χ2n) is 5.95. The molecule has 2 aliphatic heterocycles. The fraction of sp³-hybridized carbons (Fsp3) is 0.917. The molecule has 2 fully saturated rings. The molecule has 0 aliphatic carbocycles. The lowest BCUT2D eigenvalue weighted by Gasteiger charge is -2.58. The summed E-state index contributed by atoms with van der Waals surface area (Å²) in [7, 11) is 0. The zero-order valence-corrected chi connectivity index (χ0v) is 10.7. The van der Waals surface area contributed by atoms with Crippen LogP contribution in [0.4, 0.5) is 13.2 Å². The highest BCUT2D eigenvalue weighted by molar-refractivity contribution is 5.83. The molecule has 104 valence electrons. The van der Waals surface area contributed by atoms with Crippen molar-refractivity contribution in [3.63, 3.8) is 0 Å². The number of carbonyl (C=O) groups excluding carboxylic acids is 1. The number of carbonyl (C=O) groups is 1. The van der Waals surface area contributed by atoms with Crippen molar-refractivity contribution >= 4 is 5.91 Å². The van der Waals surface area contributed by atoms with Crippen LogP contribution in [0.25, 0.3) is 0 Å². The maximum atomic E-state index is 12.5. The number of halogens is 3. The van der Waals surface area contributed by atoms with E-state index in [0.29, 0.717) is 0 Å². The van der Waals surface area contributed by atoms with Gasteiger partial charge in [-0.1, -0.05) is 13.8 Å². The average molecular weight is 264 g/mol. The Labute approximate surface area is 105 Å². The number of piperidine rings is 1. The van der Waals surface area contributed by atoms with Gasteiger partial charge < -0.3 is 10.2 Å². The highest BCUT2D eigenvalue weighted by Crippen LogP contribution is 2.45. The van der Waals surface area contributed by atoms with Gasteiger partial charge in [-0.25, -0.2) is 0 Å². The van der Waals surface area contributed by atoms with Crippen molar-refractivity contribution in [2.75, 3.05) is 19.6 Å². The van der Waals surface area contributed by atoms with Gasteiger partial charge >= 0.3 is 12.1 Å². The normalized spacial score (nSPS) is 28.9. The first-order chi connectivity index (χ1) is 8.23. The van der Waals surface area contributed by atoms with E-state index >= 15 is 0 Å². The minimum Gasteiger partial charge on any atom is -0.330 e. The maximum Gasteiger partial charge on any atom is 0.471 e. The number of hydrogen-bond donors (Lipinski definition) is 1. The Morgan fingerprint density at radius 2 is 1.83 bits per heavy atom. The molecular weight excluding hydrogens is 245 g/mol. The van der Waals surface area contributed by atoms with Crippen LogP contribution < -0.4 is 5.32 Å². The molecule has 0 saturated carbocycles. The number of alkyl halides is 3. The minimum atomic E-state index is -4.75. The number of amides is 1. The quantitative estimate of drug-likeness (QED) is 0.783. The number of nitrogens with one attached hydrogen (secondary N) is 1. The van der Waals surface area contributed by atoms with Gasteiger partial charge in [0.25, 0.3) is 0 Å². The summed E-state index contributed by atoms with van der Waals surface area (Å²) in [5.74, 6) is -1.49. The summed E-state index contributed by atoms with van der Waals surface area (Å²) < 4.78 is 37.5. The van der Waals surface area contributed by atoms with Crippen molar-refractivity contribution in [3.05, 3.63) is 0 Å². The molecule has 1 N–H and O–H groups in total. The van der Waals surface area contributed by atoms with E-state index in [9.17, 15) is 18.0 Å². The van der Waals surface area contributed by atoms with Gasteiger partial charge in [0.15, 0.2) is 0 Å². The summed E-state index contributed by atoms with van der Waals surface area (Å²) in [6.45, 7) is 5.75. The molecule has 0 radical (unpaired) electrons. The van der Waals surface area contributed by atoms with Gasteiger partial charge in [0, 0.05) is 18.0 Å². The highest BCUT2D eigenvalue weighted by atomic mass is 19.4.